The first kappa shape index (κ1) is 17.1. The Morgan fingerprint density at radius 3 is 2.61 bits per heavy atom. The second kappa shape index (κ2) is 5.96. The summed E-state index contributed by atoms with van der Waals surface area (Å²) in [4.78, 5) is 5.88. The molecular formula is C19H11F3N2O3S. The molecule has 0 atom stereocenters. The van der Waals surface area contributed by atoms with Crippen LogP contribution in [0.5, 0.6) is 11.5 Å². The topological polar surface area (TPSA) is 57.4 Å². The predicted molar refractivity (Wildman–Crippen MR) is 96.4 cm³/mol. The van der Waals surface area contributed by atoms with Crippen molar-refractivity contribution in [2.24, 2.45) is 0 Å². The molecule has 0 saturated carbocycles. The quantitative estimate of drug-likeness (QED) is 0.431. The maximum Gasteiger partial charge on any atom is 0.417 e. The number of pyridine rings is 1. The van der Waals surface area contributed by atoms with Gasteiger partial charge in [0, 0.05) is 10.4 Å². The van der Waals surface area contributed by atoms with Crippen molar-refractivity contribution in [3.63, 3.8) is 0 Å². The van der Waals surface area contributed by atoms with E-state index in [0.29, 0.717) is 21.9 Å². The van der Waals surface area contributed by atoms with E-state index in [-0.39, 0.29) is 29.3 Å². The molecular weight excluding hydrogens is 393 g/mol. The van der Waals surface area contributed by atoms with Crippen LogP contribution in [0.15, 0.2) is 40.9 Å². The van der Waals surface area contributed by atoms with E-state index in [0.717, 1.165) is 10.9 Å². The van der Waals surface area contributed by atoms with Gasteiger partial charge < -0.3 is 14.0 Å². The number of ether oxygens (including phenoxy) is 2. The molecule has 142 valence electrons. The molecule has 1 aromatic carbocycles. The highest BCUT2D eigenvalue weighted by molar-refractivity contribution is 7.15. The van der Waals surface area contributed by atoms with E-state index in [9.17, 15) is 13.2 Å². The van der Waals surface area contributed by atoms with E-state index in [2.05, 4.69) is 10.1 Å². The Morgan fingerprint density at radius 2 is 1.86 bits per heavy atom. The highest BCUT2D eigenvalue weighted by Crippen LogP contribution is 2.43. The number of hydrogen-bond donors (Lipinski definition) is 0. The van der Waals surface area contributed by atoms with E-state index >= 15 is 0 Å². The lowest BCUT2D eigenvalue weighted by molar-refractivity contribution is -0.136. The molecule has 4 aromatic rings. The lowest BCUT2D eigenvalue weighted by Gasteiger charge is -2.10. The maximum absolute atomic E-state index is 13.9. The molecule has 0 amide bonds. The van der Waals surface area contributed by atoms with Crippen molar-refractivity contribution in [3.8, 4) is 33.3 Å². The SMILES string of the molecule is Cc1ccc(-c2cc(C(F)(F)F)c3c(-c4ccc5c(c4)OCO5)noc3n2)s1. The van der Waals surface area contributed by atoms with Crippen LogP contribution in [0.3, 0.4) is 0 Å². The van der Waals surface area contributed by atoms with Gasteiger partial charge in [-0.2, -0.15) is 13.2 Å². The van der Waals surface area contributed by atoms with Gasteiger partial charge in [-0.1, -0.05) is 5.16 Å². The molecule has 3 aromatic heterocycles. The average molecular weight is 404 g/mol. The van der Waals surface area contributed by atoms with Gasteiger partial charge in [0.2, 0.25) is 6.79 Å². The van der Waals surface area contributed by atoms with Gasteiger partial charge >= 0.3 is 6.18 Å². The van der Waals surface area contributed by atoms with Gasteiger partial charge in [-0.3, -0.25) is 0 Å². The fourth-order valence-corrected chi connectivity index (χ4v) is 3.94. The highest BCUT2D eigenvalue weighted by Gasteiger charge is 2.37. The van der Waals surface area contributed by atoms with Gasteiger partial charge in [0.05, 0.1) is 21.5 Å². The van der Waals surface area contributed by atoms with Crippen molar-refractivity contribution in [1.82, 2.24) is 10.1 Å². The fourth-order valence-electron chi connectivity index (χ4n) is 3.11. The summed E-state index contributed by atoms with van der Waals surface area (Å²) in [6, 6.07) is 9.43. The zero-order valence-corrected chi connectivity index (χ0v) is 15.1. The van der Waals surface area contributed by atoms with Crippen LogP contribution in [0.1, 0.15) is 10.4 Å². The summed E-state index contributed by atoms with van der Waals surface area (Å²) in [7, 11) is 0. The lowest BCUT2D eigenvalue weighted by atomic mass is 10.0. The number of halogens is 3. The zero-order chi connectivity index (χ0) is 19.5. The number of rotatable bonds is 2. The van der Waals surface area contributed by atoms with Gasteiger partial charge in [0.15, 0.2) is 11.5 Å². The molecule has 5 nitrogen and oxygen atoms in total. The summed E-state index contributed by atoms with van der Waals surface area (Å²) in [5, 5.41) is 3.70. The average Bonchev–Trinajstić information content (AvgIpc) is 3.38. The standard InChI is InChI=1S/C19H11F3N2O3S/c1-9-2-5-15(28-9)12-7-11(19(20,21)22)16-17(24-27-18(16)23-12)10-3-4-13-14(6-10)26-8-25-13/h2-7H,8H2,1H3. The Labute approximate surface area is 160 Å². The zero-order valence-electron chi connectivity index (χ0n) is 14.3. The summed E-state index contributed by atoms with van der Waals surface area (Å²) in [5.41, 5.74) is -0.320. The van der Waals surface area contributed by atoms with Crippen molar-refractivity contribution in [2.45, 2.75) is 13.1 Å². The van der Waals surface area contributed by atoms with Crippen LogP contribution in [-0.2, 0) is 6.18 Å². The molecule has 4 heterocycles. The van der Waals surface area contributed by atoms with Gasteiger partial charge in [0.25, 0.3) is 5.71 Å². The predicted octanol–water partition coefficient (Wildman–Crippen LogP) is 5.67. The summed E-state index contributed by atoms with van der Waals surface area (Å²) >= 11 is 1.36. The number of nitrogens with zero attached hydrogens (tertiary/aromatic N) is 2. The lowest BCUT2D eigenvalue weighted by Crippen LogP contribution is -2.07. The third-order valence-corrected chi connectivity index (χ3v) is 5.41. The smallest absolute Gasteiger partial charge is 0.417 e. The number of aryl methyl sites for hydroxylation is 1. The van der Waals surface area contributed by atoms with Crippen molar-refractivity contribution < 1.29 is 27.2 Å². The number of aromatic nitrogens is 2. The second-order valence-corrected chi connectivity index (χ2v) is 7.53. The molecule has 1 aliphatic heterocycles. The van der Waals surface area contributed by atoms with Crippen LogP contribution in [0.2, 0.25) is 0 Å². The second-order valence-electron chi connectivity index (χ2n) is 6.24. The van der Waals surface area contributed by atoms with Crippen LogP contribution < -0.4 is 9.47 Å². The highest BCUT2D eigenvalue weighted by atomic mass is 32.1. The Kier molecular flexibility index (Phi) is 3.63. The summed E-state index contributed by atoms with van der Waals surface area (Å²) in [6.07, 6.45) is -4.60. The van der Waals surface area contributed by atoms with Crippen LogP contribution in [0, 0.1) is 6.92 Å². The third-order valence-electron chi connectivity index (χ3n) is 4.39. The number of thiophene rings is 1. The van der Waals surface area contributed by atoms with Crippen LogP contribution in [0.25, 0.3) is 32.9 Å². The molecule has 0 spiro atoms. The minimum absolute atomic E-state index is 0.0574. The first-order chi connectivity index (χ1) is 13.4. The van der Waals surface area contributed by atoms with Crippen molar-refractivity contribution in [1.29, 1.82) is 0 Å². The van der Waals surface area contributed by atoms with Crippen LogP contribution >= 0.6 is 11.3 Å². The van der Waals surface area contributed by atoms with Crippen molar-refractivity contribution >= 4 is 22.4 Å². The Balaban J connectivity index is 1.74. The summed E-state index contributed by atoms with van der Waals surface area (Å²) in [5.74, 6) is 0.974. The normalized spacial score (nSPS) is 13.4. The van der Waals surface area contributed by atoms with E-state index in [1.807, 2.05) is 13.0 Å². The molecule has 9 heteroatoms. The van der Waals surface area contributed by atoms with E-state index in [4.69, 9.17) is 14.0 Å². The fraction of sp³-hybridized carbons (Fsp3) is 0.158. The molecule has 1 aliphatic rings. The minimum Gasteiger partial charge on any atom is -0.454 e. The van der Waals surface area contributed by atoms with Crippen LogP contribution in [0.4, 0.5) is 13.2 Å². The Hall–Kier alpha value is -3.07. The van der Waals surface area contributed by atoms with Crippen LogP contribution in [-0.4, -0.2) is 16.9 Å². The third kappa shape index (κ3) is 2.70. The largest absolute Gasteiger partial charge is 0.454 e. The Bertz CT molecular complexity index is 1210. The molecule has 5 rings (SSSR count). The van der Waals surface area contributed by atoms with Gasteiger partial charge in [-0.25, -0.2) is 4.98 Å². The molecule has 0 N–H and O–H groups in total. The molecule has 0 bridgehead atoms. The first-order valence-corrected chi connectivity index (χ1v) is 9.06. The van der Waals surface area contributed by atoms with Crippen molar-refractivity contribution in [3.05, 3.63) is 46.8 Å². The van der Waals surface area contributed by atoms with Crippen molar-refractivity contribution in [2.75, 3.05) is 6.79 Å². The Morgan fingerprint density at radius 1 is 1.04 bits per heavy atom. The molecule has 0 saturated heterocycles. The summed E-state index contributed by atoms with van der Waals surface area (Å²) < 4.78 is 57.4. The van der Waals surface area contributed by atoms with E-state index in [1.165, 1.54) is 11.3 Å². The number of alkyl halides is 3. The number of benzene rings is 1. The summed E-state index contributed by atoms with van der Waals surface area (Å²) in [6.45, 7) is 1.95. The van der Waals surface area contributed by atoms with Gasteiger partial charge in [-0.15, -0.1) is 11.3 Å². The maximum atomic E-state index is 13.9. The van der Waals surface area contributed by atoms with Gasteiger partial charge in [-0.05, 0) is 43.3 Å². The first-order valence-electron chi connectivity index (χ1n) is 8.24. The number of hydrogen-bond acceptors (Lipinski definition) is 6. The molecule has 0 fully saturated rings. The molecule has 0 unspecified atom stereocenters. The molecule has 0 radical (unpaired) electrons. The number of fused-ring (bicyclic) bond motifs is 2. The molecule has 0 aliphatic carbocycles. The van der Waals surface area contributed by atoms with E-state index in [1.54, 1.807) is 24.3 Å². The van der Waals surface area contributed by atoms with E-state index < -0.39 is 11.7 Å². The minimum atomic E-state index is -4.60. The molecule has 28 heavy (non-hydrogen) atoms. The van der Waals surface area contributed by atoms with Gasteiger partial charge in [0.1, 0.15) is 5.69 Å². The monoisotopic (exact) mass is 404 g/mol.